The van der Waals surface area contributed by atoms with Crippen LogP contribution in [0.2, 0.25) is 0 Å². The minimum absolute atomic E-state index is 0.153. The van der Waals surface area contributed by atoms with Crippen LogP contribution in [-0.4, -0.2) is 76.5 Å². The van der Waals surface area contributed by atoms with Crippen molar-refractivity contribution in [2.75, 3.05) is 45.8 Å². The minimum Gasteiger partial charge on any atom is -0.351 e. The maximum Gasteiger partial charge on any atom is 0.255 e. The number of aromatic nitrogens is 3. The first-order valence-corrected chi connectivity index (χ1v) is 11.2. The van der Waals surface area contributed by atoms with Crippen molar-refractivity contribution in [2.24, 2.45) is 0 Å². The summed E-state index contributed by atoms with van der Waals surface area (Å²) in [5, 5.41) is 3.06. The van der Waals surface area contributed by atoms with Crippen molar-refractivity contribution >= 4 is 5.91 Å². The monoisotopic (exact) mass is 430 g/mol. The first kappa shape index (κ1) is 22.0. The number of benzene rings is 1. The Morgan fingerprint density at radius 2 is 1.66 bits per heavy atom. The van der Waals surface area contributed by atoms with Crippen LogP contribution in [0.5, 0.6) is 0 Å². The van der Waals surface area contributed by atoms with Gasteiger partial charge in [-0.25, -0.2) is 9.97 Å². The van der Waals surface area contributed by atoms with Crippen LogP contribution in [0, 0.1) is 6.92 Å². The van der Waals surface area contributed by atoms with E-state index in [0.717, 1.165) is 50.4 Å². The molecule has 1 saturated heterocycles. The molecule has 32 heavy (non-hydrogen) atoms. The summed E-state index contributed by atoms with van der Waals surface area (Å²) in [6.45, 7) is 11.0. The van der Waals surface area contributed by atoms with E-state index >= 15 is 0 Å². The smallest absolute Gasteiger partial charge is 0.255 e. The quantitative estimate of drug-likeness (QED) is 0.621. The van der Waals surface area contributed by atoms with E-state index in [1.165, 1.54) is 5.56 Å². The highest BCUT2D eigenvalue weighted by atomic mass is 16.1. The molecule has 0 saturated carbocycles. The van der Waals surface area contributed by atoms with Crippen LogP contribution in [0.3, 0.4) is 0 Å². The number of rotatable bonds is 7. The molecule has 0 spiro atoms. The van der Waals surface area contributed by atoms with Crippen LogP contribution in [0.4, 0.5) is 0 Å². The lowest BCUT2D eigenvalue weighted by molar-refractivity contribution is 0.0938. The molecule has 3 aromatic rings. The summed E-state index contributed by atoms with van der Waals surface area (Å²) in [6.07, 6.45) is 5.05. The summed E-state index contributed by atoms with van der Waals surface area (Å²) in [5.74, 6) is 0.446. The summed E-state index contributed by atoms with van der Waals surface area (Å²) in [7, 11) is 0. The summed E-state index contributed by atoms with van der Waals surface area (Å²) < 4.78 is 0. The zero-order valence-corrected chi connectivity index (χ0v) is 18.8. The molecule has 0 atom stereocenters. The number of nitrogens with one attached hydrogen (secondary N) is 1. The maximum absolute atomic E-state index is 13.0. The highest BCUT2D eigenvalue weighted by Crippen LogP contribution is 2.24. The number of hydrogen-bond donors (Lipinski definition) is 1. The fraction of sp³-hybridized carbons (Fsp3) is 0.360. The molecule has 4 rings (SSSR count). The summed E-state index contributed by atoms with van der Waals surface area (Å²) in [5.41, 5.74) is 4.03. The number of pyridine rings is 1. The summed E-state index contributed by atoms with van der Waals surface area (Å²) >= 11 is 0. The Morgan fingerprint density at radius 3 is 2.34 bits per heavy atom. The number of carbonyl (C=O) groups is 1. The normalized spacial score (nSPS) is 14.9. The van der Waals surface area contributed by atoms with E-state index in [2.05, 4.69) is 32.0 Å². The Morgan fingerprint density at radius 1 is 0.969 bits per heavy atom. The molecular formula is C25H30N6O. The summed E-state index contributed by atoms with van der Waals surface area (Å²) in [6, 6.07) is 11.8. The Balaban J connectivity index is 1.49. The van der Waals surface area contributed by atoms with Crippen LogP contribution in [0.1, 0.15) is 22.8 Å². The molecule has 1 fully saturated rings. The van der Waals surface area contributed by atoms with Crippen LogP contribution < -0.4 is 5.32 Å². The van der Waals surface area contributed by atoms with Crippen molar-refractivity contribution in [1.29, 1.82) is 0 Å². The van der Waals surface area contributed by atoms with E-state index in [0.29, 0.717) is 23.6 Å². The fourth-order valence-electron chi connectivity index (χ4n) is 3.87. The molecule has 3 heterocycles. The third kappa shape index (κ3) is 5.36. The van der Waals surface area contributed by atoms with Gasteiger partial charge in [-0.15, -0.1) is 0 Å². The topological polar surface area (TPSA) is 74.2 Å². The van der Waals surface area contributed by atoms with Crippen LogP contribution in [0.25, 0.3) is 22.6 Å². The molecule has 1 amide bonds. The van der Waals surface area contributed by atoms with Crippen molar-refractivity contribution in [2.45, 2.75) is 13.8 Å². The second kappa shape index (κ2) is 10.4. The summed E-state index contributed by atoms with van der Waals surface area (Å²) in [4.78, 5) is 31.2. The molecule has 1 aromatic carbocycles. The van der Waals surface area contributed by atoms with Gasteiger partial charge in [0.05, 0.1) is 11.3 Å². The van der Waals surface area contributed by atoms with E-state index < -0.39 is 0 Å². The molecular weight excluding hydrogens is 400 g/mol. The number of nitrogens with zero attached hydrogens (tertiary/aromatic N) is 5. The zero-order chi connectivity index (χ0) is 22.3. The van der Waals surface area contributed by atoms with Gasteiger partial charge in [0.25, 0.3) is 5.91 Å². The van der Waals surface area contributed by atoms with E-state index in [9.17, 15) is 4.79 Å². The number of amides is 1. The molecule has 2 aromatic heterocycles. The Kier molecular flexibility index (Phi) is 7.19. The lowest BCUT2D eigenvalue weighted by atomic mass is 10.1. The third-order valence-corrected chi connectivity index (χ3v) is 5.92. The first-order chi connectivity index (χ1) is 15.6. The average molecular weight is 431 g/mol. The van der Waals surface area contributed by atoms with Gasteiger partial charge < -0.3 is 10.2 Å². The average Bonchev–Trinajstić information content (AvgIpc) is 2.85. The standard InChI is InChI=1S/C25H30N6O/c1-3-30-14-16-31(17-15-30)13-12-27-25(32)22-18-28-24(21-6-4-19(2)5-7-21)29-23(22)20-8-10-26-11-9-20/h4-11,18H,3,12-17H2,1-2H3,(H,27,32). The highest BCUT2D eigenvalue weighted by Gasteiger charge is 2.18. The van der Waals surface area contributed by atoms with Crippen LogP contribution in [-0.2, 0) is 0 Å². The molecule has 1 N–H and O–H groups in total. The van der Waals surface area contributed by atoms with Gasteiger partial charge in [0.1, 0.15) is 0 Å². The molecule has 0 bridgehead atoms. The van der Waals surface area contributed by atoms with Crippen LogP contribution in [0.15, 0.2) is 55.0 Å². The highest BCUT2D eigenvalue weighted by molar-refractivity contribution is 5.99. The Bertz CT molecular complexity index is 1030. The van der Waals surface area contributed by atoms with Crippen molar-refractivity contribution < 1.29 is 4.79 Å². The third-order valence-electron chi connectivity index (χ3n) is 5.92. The lowest BCUT2D eigenvalue weighted by Gasteiger charge is -2.33. The van der Waals surface area contributed by atoms with E-state index in [1.807, 2.05) is 43.3 Å². The van der Waals surface area contributed by atoms with E-state index in [1.54, 1.807) is 18.6 Å². The zero-order valence-electron chi connectivity index (χ0n) is 18.8. The first-order valence-electron chi connectivity index (χ1n) is 11.2. The van der Waals surface area contributed by atoms with Gasteiger partial charge in [0, 0.05) is 69.0 Å². The predicted octanol–water partition coefficient (Wildman–Crippen LogP) is 2.88. The van der Waals surface area contributed by atoms with Gasteiger partial charge in [-0.3, -0.25) is 14.7 Å². The second-order valence-corrected chi connectivity index (χ2v) is 8.09. The molecule has 0 radical (unpaired) electrons. The number of hydrogen-bond acceptors (Lipinski definition) is 6. The molecule has 7 nitrogen and oxygen atoms in total. The minimum atomic E-state index is -0.153. The van der Waals surface area contributed by atoms with Gasteiger partial charge in [0.2, 0.25) is 0 Å². The molecule has 1 aliphatic rings. The molecule has 7 heteroatoms. The largest absolute Gasteiger partial charge is 0.351 e. The Hall–Kier alpha value is -3.16. The van der Waals surface area contributed by atoms with E-state index in [4.69, 9.17) is 4.98 Å². The van der Waals surface area contributed by atoms with E-state index in [-0.39, 0.29) is 5.91 Å². The number of likely N-dealkylation sites (N-methyl/N-ethyl adjacent to an activating group) is 1. The SMILES string of the molecule is CCN1CCN(CCNC(=O)c2cnc(-c3ccc(C)cc3)nc2-c2ccncc2)CC1. The molecule has 0 unspecified atom stereocenters. The number of piperazine rings is 1. The van der Waals surface area contributed by atoms with Crippen molar-refractivity contribution in [3.8, 4) is 22.6 Å². The molecule has 166 valence electrons. The number of carbonyl (C=O) groups excluding carboxylic acids is 1. The van der Waals surface area contributed by atoms with Gasteiger partial charge >= 0.3 is 0 Å². The maximum atomic E-state index is 13.0. The molecule has 1 aliphatic heterocycles. The van der Waals surface area contributed by atoms with Gasteiger partial charge in [-0.1, -0.05) is 36.8 Å². The predicted molar refractivity (Wildman–Crippen MR) is 126 cm³/mol. The van der Waals surface area contributed by atoms with Crippen molar-refractivity contribution in [1.82, 2.24) is 30.1 Å². The lowest BCUT2D eigenvalue weighted by Crippen LogP contribution is -2.48. The van der Waals surface area contributed by atoms with Crippen LogP contribution >= 0.6 is 0 Å². The van der Waals surface area contributed by atoms with Gasteiger partial charge in [-0.05, 0) is 25.6 Å². The van der Waals surface area contributed by atoms with Gasteiger partial charge in [-0.2, -0.15) is 0 Å². The van der Waals surface area contributed by atoms with Crippen molar-refractivity contribution in [3.05, 3.63) is 66.1 Å². The Labute approximate surface area is 189 Å². The second-order valence-electron chi connectivity index (χ2n) is 8.09. The number of aryl methyl sites for hydroxylation is 1. The van der Waals surface area contributed by atoms with Crippen molar-refractivity contribution in [3.63, 3.8) is 0 Å². The molecule has 0 aliphatic carbocycles. The van der Waals surface area contributed by atoms with Gasteiger partial charge in [0.15, 0.2) is 5.82 Å². The fourth-order valence-corrected chi connectivity index (χ4v) is 3.87.